The molecule has 344 valence electrons. The number of benzene rings is 11. The zero-order valence-corrected chi connectivity index (χ0v) is 40.3. The fraction of sp³-hybridized carbons (Fsp3) is 0.0857. The Labute approximate surface area is 422 Å². The van der Waals surface area contributed by atoms with Crippen LogP contribution in [0.4, 0.5) is 17.1 Å². The molecule has 0 saturated heterocycles. The first-order chi connectivity index (χ1) is 35.7. The van der Waals surface area contributed by atoms with Gasteiger partial charge in [0.25, 0.3) is 0 Å². The highest BCUT2D eigenvalue weighted by atomic mass is 15.1. The van der Waals surface area contributed by atoms with Crippen LogP contribution in [0.25, 0.3) is 93.9 Å². The highest BCUT2D eigenvalue weighted by molar-refractivity contribution is 6.16. The largest absolute Gasteiger partial charge is 0.310 e. The van der Waals surface area contributed by atoms with E-state index in [4.69, 9.17) is 0 Å². The first-order valence-corrected chi connectivity index (χ1v) is 25.7. The van der Waals surface area contributed by atoms with E-state index in [1.165, 1.54) is 126 Å². The van der Waals surface area contributed by atoms with Gasteiger partial charge in [-0.25, -0.2) is 0 Å². The number of para-hydroxylation sites is 3. The van der Waals surface area contributed by atoms with Crippen LogP contribution >= 0.6 is 0 Å². The van der Waals surface area contributed by atoms with Crippen LogP contribution in [0.5, 0.6) is 0 Å². The lowest BCUT2D eigenvalue weighted by Crippen LogP contribution is -2.11. The third-order valence-corrected chi connectivity index (χ3v) is 15.2. The second-order valence-electron chi connectivity index (χ2n) is 19.4. The highest BCUT2D eigenvalue weighted by Gasteiger charge is 2.24. The fourth-order valence-corrected chi connectivity index (χ4v) is 11.9. The minimum atomic E-state index is 0.566. The topological polar surface area (TPSA) is 8.17 Å². The molecule has 1 fully saturated rings. The molecule has 11 aromatic carbocycles. The highest BCUT2D eigenvalue weighted by Crippen LogP contribution is 2.48. The third-order valence-electron chi connectivity index (χ3n) is 15.2. The molecule has 0 aliphatic heterocycles. The molecule has 0 unspecified atom stereocenters. The first kappa shape index (κ1) is 43.3. The van der Waals surface area contributed by atoms with Gasteiger partial charge in [-0.3, -0.25) is 0 Å². The van der Waals surface area contributed by atoms with Crippen molar-refractivity contribution in [1.29, 1.82) is 0 Å². The van der Waals surface area contributed by atoms with Gasteiger partial charge < -0.3 is 9.47 Å². The molecule has 2 heteroatoms. The molecule has 1 aromatic heterocycles. The lowest BCUT2D eigenvalue weighted by molar-refractivity contribution is 0.445. The molecule has 72 heavy (non-hydrogen) atoms. The van der Waals surface area contributed by atoms with Gasteiger partial charge in [-0.05, 0) is 146 Å². The molecule has 0 radical (unpaired) electrons. The number of aromatic nitrogens is 1. The van der Waals surface area contributed by atoms with Crippen LogP contribution in [-0.2, 0) is 0 Å². The van der Waals surface area contributed by atoms with Gasteiger partial charge in [0.2, 0.25) is 0 Å². The minimum Gasteiger partial charge on any atom is -0.310 e. The van der Waals surface area contributed by atoms with Gasteiger partial charge in [0.05, 0.1) is 16.7 Å². The Morgan fingerprint density at radius 1 is 0.333 bits per heavy atom. The number of rotatable bonds is 10. The van der Waals surface area contributed by atoms with Gasteiger partial charge in [0.15, 0.2) is 0 Å². The van der Waals surface area contributed by atoms with Crippen LogP contribution in [0.3, 0.4) is 0 Å². The van der Waals surface area contributed by atoms with Crippen LogP contribution in [0.1, 0.15) is 43.6 Å². The number of fused-ring (bicyclic) bond motifs is 4. The normalized spacial score (nSPS) is 12.9. The number of anilines is 3. The molecule has 1 aliphatic carbocycles. The standard InChI is InChI=1S/C70H54N2/c1-5-21-50(22-6-1)59-46-43-54(48-65(59)52-25-9-3-10-26-52)49-41-44-57(45-42-49)71(66-38-15-13-33-62(66)63-37-19-28-53-27-18-35-60(69(53)63)51-23-7-2-8-24-51)58-32-17-29-55(47-58)61-36-20-40-68-70(61)64-34-14-16-39-67(64)72(68)56-30-11-4-12-31-56/h1,3-6,9-22,25-48,51H,2,7-8,23-24H2. The molecule has 1 aliphatic rings. The molecule has 13 rings (SSSR count). The van der Waals surface area contributed by atoms with E-state index in [0.717, 1.165) is 22.7 Å². The van der Waals surface area contributed by atoms with Gasteiger partial charge in [0, 0.05) is 33.4 Å². The van der Waals surface area contributed by atoms with Crippen molar-refractivity contribution < 1.29 is 0 Å². The van der Waals surface area contributed by atoms with Gasteiger partial charge in [0.1, 0.15) is 0 Å². The number of hydrogen-bond acceptors (Lipinski definition) is 1. The molecule has 0 N–H and O–H groups in total. The van der Waals surface area contributed by atoms with Crippen LogP contribution in [0, 0.1) is 0 Å². The van der Waals surface area contributed by atoms with Crippen molar-refractivity contribution >= 4 is 49.6 Å². The Morgan fingerprint density at radius 3 is 1.72 bits per heavy atom. The predicted octanol–water partition coefficient (Wildman–Crippen LogP) is 19.8. The minimum absolute atomic E-state index is 0.566. The van der Waals surface area contributed by atoms with Crippen molar-refractivity contribution in [3.8, 4) is 61.3 Å². The van der Waals surface area contributed by atoms with Crippen LogP contribution in [0.15, 0.2) is 261 Å². The Kier molecular flexibility index (Phi) is 11.4. The molecular weight excluding hydrogens is 869 g/mol. The Balaban J connectivity index is 0.988. The summed E-state index contributed by atoms with van der Waals surface area (Å²) < 4.78 is 2.41. The summed E-state index contributed by atoms with van der Waals surface area (Å²) in [6.07, 6.45) is 6.43. The van der Waals surface area contributed by atoms with Crippen LogP contribution in [0.2, 0.25) is 0 Å². The van der Waals surface area contributed by atoms with Crippen molar-refractivity contribution in [2.24, 2.45) is 0 Å². The zero-order chi connectivity index (χ0) is 47.8. The van der Waals surface area contributed by atoms with E-state index in [9.17, 15) is 0 Å². The van der Waals surface area contributed by atoms with Crippen molar-refractivity contribution in [1.82, 2.24) is 4.57 Å². The Hall–Kier alpha value is -8.72. The number of nitrogens with zero attached hydrogens (tertiary/aromatic N) is 2. The van der Waals surface area contributed by atoms with Crippen molar-refractivity contribution in [2.75, 3.05) is 4.90 Å². The van der Waals surface area contributed by atoms with Crippen molar-refractivity contribution in [3.63, 3.8) is 0 Å². The van der Waals surface area contributed by atoms with E-state index in [1.807, 2.05) is 0 Å². The molecule has 0 spiro atoms. The van der Waals surface area contributed by atoms with Crippen LogP contribution in [-0.4, -0.2) is 4.57 Å². The summed E-state index contributed by atoms with van der Waals surface area (Å²) in [5.74, 6) is 0.566. The second kappa shape index (κ2) is 18.9. The van der Waals surface area contributed by atoms with E-state index >= 15 is 0 Å². The van der Waals surface area contributed by atoms with Crippen molar-refractivity contribution in [3.05, 3.63) is 266 Å². The average Bonchev–Trinajstić information content (AvgIpc) is 3.81. The summed E-state index contributed by atoms with van der Waals surface area (Å²) in [7, 11) is 0. The molecule has 12 aromatic rings. The molecule has 0 atom stereocenters. The van der Waals surface area contributed by atoms with E-state index in [0.29, 0.717) is 5.92 Å². The fourth-order valence-electron chi connectivity index (χ4n) is 11.9. The summed E-state index contributed by atoms with van der Waals surface area (Å²) in [6.45, 7) is 0. The van der Waals surface area contributed by atoms with Gasteiger partial charge in [-0.2, -0.15) is 0 Å². The summed E-state index contributed by atoms with van der Waals surface area (Å²) in [5, 5.41) is 5.19. The number of hydrogen-bond donors (Lipinski definition) is 0. The van der Waals surface area contributed by atoms with Crippen molar-refractivity contribution in [2.45, 2.75) is 38.0 Å². The summed E-state index contributed by atoms with van der Waals surface area (Å²) in [4.78, 5) is 2.49. The maximum Gasteiger partial charge on any atom is 0.0547 e. The smallest absolute Gasteiger partial charge is 0.0547 e. The quantitative estimate of drug-likeness (QED) is 0.133. The Bertz CT molecular complexity index is 3880. The lowest BCUT2D eigenvalue weighted by atomic mass is 9.80. The Morgan fingerprint density at radius 2 is 0.931 bits per heavy atom. The predicted molar refractivity (Wildman–Crippen MR) is 306 cm³/mol. The van der Waals surface area contributed by atoms with Gasteiger partial charge in [-0.1, -0.05) is 219 Å². The summed E-state index contributed by atoms with van der Waals surface area (Å²) in [5.41, 5.74) is 20.5. The monoisotopic (exact) mass is 922 g/mol. The molecule has 0 amide bonds. The molecule has 2 nitrogen and oxygen atoms in total. The first-order valence-electron chi connectivity index (χ1n) is 25.7. The zero-order valence-electron chi connectivity index (χ0n) is 40.3. The third kappa shape index (κ3) is 7.86. The van der Waals surface area contributed by atoms with Crippen LogP contribution < -0.4 is 4.90 Å². The molecule has 1 saturated carbocycles. The second-order valence-corrected chi connectivity index (χ2v) is 19.4. The maximum absolute atomic E-state index is 2.49. The summed E-state index contributed by atoms with van der Waals surface area (Å²) >= 11 is 0. The molecule has 1 heterocycles. The SMILES string of the molecule is c1ccc(-c2ccc(-c3ccc(N(c4cccc(-c5cccc6c5c5ccccc5n6-c5ccccc5)c4)c4ccccc4-c4cccc5cccc(C6CCCCC6)c45)cc3)cc2-c2ccccc2)cc1. The van der Waals surface area contributed by atoms with E-state index in [-0.39, 0.29) is 0 Å². The maximum atomic E-state index is 2.49. The van der Waals surface area contributed by atoms with E-state index < -0.39 is 0 Å². The average molecular weight is 923 g/mol. The van der Waals surface area contributed by atoms with E-state index in [2.05, 4.69) is 270 Å². The lowest BCUT2D eigenvalue weighted by Gasteiger charge is -2.29. The van der Waals surface area contributed by atoms with E-state index in [1.54, 1.807) is 0 Å². The van der Waals surface area contributed by atoms with Gasteiger partial charge in [-0.15, -0.1) is 0 Å². The summed E-state index contributed by atoms with van der Waals surface area (Å²) in [6, 6.07) is 96.3. The van der Waals surface area contributed by atoms with Gasteiger partial charge >= 0.3 is 0 Å². The molecular formula is C70H54N2. The molecule has 0 bridgehead atoms.